The molecule has 0 heterocycles. The zero-order valence-electron chi connectivity index (χ0n) is 49.1. The Morgan fingerprint density at radius 3 is 1.53 bits per heavy atom. The molecule has 32 heavy (non-hydrogen) atoms. The van der Waals surface area contributed by atoms with Crippen LogP contribution in [0.3, 0.4) is 0 Å². The smallest absolute Gasteiger partial charge is 0.340 e. The number of hydrogen-bond acceptors (Lipinski definition) is 4. The number of halogens is 4. The second-order valence-electron chi connectivity index (χ2n) is 4.74. The van der Waals surface area contributed by atoms with Crippen LogP contribution in [0.2, 0.25) is 0 Å². The van der Waals surface area contributed by atoms with E-state index in [1.165, 1.54) is 0 Å². The third-order valence-electron chi connectivity index (χ3n) is 2.92. The van der Waals surface area contributed by atoms with Gasteiger partial charge in [-0.05, 0) is 88.3 Å². The summed E-state index contributed by atoms with van der Waals surface area (Å²) in [5.41, 5.74) is -3.21. The Morgan fingerprint density at radius 1 is 0.781 bits per heavy atom. The van der Waals surface area contributed by atoms with Gasteiger partial charge in [0.15, 0.2) is 0 Å². The van der Waals surface area contributed by atoms with Crippen LogP contribution in [0, 0.1) is 11.8 Å². The average molecular weight is 740 g/mol. The molecule has 0 aliphatic heterocycles. The highest BCUT2D eigenvalue weighted by Crippen LogP contribution is 2.43. The normalized spacial score (nSPS) is 36.8. The fourth-order valence-corrected chi connectivity index (χ4v) is 4.11. The van der Waals surface area contributed by atoms with Crippen LogP contribution >= 0.6 is 63.7 Å². The molecule has 0 aliphatic rings. The van der Waals surface area contributed by atoms with E-state index in [1.807, 2.05) is 0 Å². The molecule has 0 radical (unpaired) electrons. The summed E-state index contributed by atoms with van der Waals surface area (Å²) in [5.74, 6) is -15.4. The van der Waals surface area contributed by atoms with E-state index in [2.05, 4.69) is 73.2 Å². The third kappa shape index (κ3) is 8.70. The molecule has 0 aromatic heterocycles. The van der Waals surface area contributed by atoms with Crippen LogP contribution < -0.4 is 0 Å². The number of carbonyl (C=O) groups is 2. The SMILES string of the molecule is [2H]C([2H])([2H])C([2H])([2H])C([2H])([2H])C([2H])([2H])C([2H])(C([2H])([2H])OC(=O)c1c(Br)c(Br)c(Br)c(Br)c1C(=O)OC([2H])([2H])C([2H])(C([2H])([2H])C([2H])([2H])[2H])C([2H])([2H])C([2H])([2H])C([2H])([2H])C([2H])([2H])[2H])C([2H])([2H])C([2H])([2H])[2H]. The molecule has 0 amide bonds. The molecule has 0 bridgehead atoms. The second kappa shape index (κ2) is 15.9. The minimum atomic E-state index is -5.18. The Bertz CT molecular complexity index is 1910. The standard InChI is InChI=1S/C24H34Br4O4/c1-5-9-11-15(7-3)13-31-23(29)17-18(20(26)22(28)21(27)19(17)25)24(30)32-14-16(8-4)12-10-6-2/h15-16H,5-14H2,1-4H3/i1D3,2D3,3D3,4D3,5D2,6D2,7D2,8D2,9D2,10D2,11D2,12D2,13D2,14D2,15D,16D. The summed E-state index contributed by atoms with van der Waals surface area (Å²) in [4.78, 5) is 28.3. The Labute approximate surface area is 274 Å². The van der Waals surface area contributed by atoms with Gasteiger partial charge >= 0.3 is 11.9 Å². The monoisotopic (exact) mass is 736 g/mol. The summed E-state index contributed by atoms with van der Waals surface area (Å²) < 4.78 is 280. The molecule has 0 saturated carbocycles. The van der Waals surface area contributed by atoms with Crippen molar-refractivity contribution in [2.24, 2.45) is 11.8 Å². The van der Waals surface area contributed by atoms with E-state index in [-0.39, 0.29) is 0 Å². The lowest BCUT2D eigenvalue weighted by molar-refractivity contribution is 0.0379. The predicted molar refractivity (Wildman–Crippen MR) is 144 cm³/mol. The van der Waals surface area contributed by atoms with Crippen molar-refractivity contribution >= 4 is 75.7 Å². The minimum absolute atomic E-state index is 0.473. The van der Waals surface area contributed by atoms with E-state index in [1.54, 1.807) is 0 Å². The first-order chi connectivity index (χ1) is 28.2. The molecule has 0 saturated heterocycles. The van der Waals surface area contributed by atoms with Gasteiger partial charge in [-0.3, -0.25) is 0 Å². The Kier molecular flexibility index (Phi) is 3.52. The van der Waals surface area contributed by atoms with Gasteiger partial charge in [-0.1, -0.05) is 65.6 Å². The Morgan fingerprint density at radius 2 is 1.19 bits per heavy atom. The highest BCUT2D eigenvalue weighted by molar-refractivity contribution is 9.15. The van der Waals surface area contributed by atoms with Crippen LogP contribution in [-0.4, -0.2) is 25.1 Å². The maximum Gasteiger partial charge on any atom is 0.340 e. The second-order valence-corrected chi connectivity index (χ2v) is 7.91. The molecule has 2 atom stereocenters. The number of rotatable bonds is 14. The quantitative estimate of drug-likeness (QED) is 0.108. The number of esters is 2. The molecule has 2 unspecified atom stereocenters. The maximum atomic E-state index is 14.2. The molecule has 8 heteroatoms. The number of ether oxygens (including phenoxy) is 2. The van der Waals surface area contributed by atoms with Crippen LogP contribution in [0.4, 0.5) is 0 Å². The first-order valence-electron chi connectivity index (χ1n) is 24.5. The molecule has 0 aliphatic carbocycles. The highest BCUT2D eigenvalue weighted by Gasteiger charge is 2.30. The van der Waals surface area contributed by atoms with Crippen molar-refractivity contribution < 1.29 is 65.7 Å². The van der Waals surface area contributed by atoms with Crippen LogP contribution in [-0.2, 0) is 9.47 Å². The van der Waals surface area contributed by atoms with Crippen LogP contribution in [0.5, 0.6) is 0 Å². The van der Waals surface area contributed by atoms with Crippen molar-refractivity contribution in [3.05, 3.63) is 29.0 Å². The van der Waals surface area contributed by atoms with Gasteiger partial charge in [0.2, 0.25) is 0 Å². The fraction of sp³-hybridized carbons (Fsp3) is 0.667. The highest BCUT2D eigenvalue weighted by atomic mass is 79.9. The summed E-state index contributed by atoms with van der Waals surface area (Å²) >= 11 is 11.3. The summed E-state index contributed by atoms with van der Waals surface area (Å²) in [7, 11) is 0. The van der Waals surface area contributed by atoms with Gasteiger partial charge in [-0.2, -0.15) is 0 Å². The van der Waals surface area contributed by atoms with E-state index in [0.717, 1.165) is 0 Å². The first kappa shape index (κ1) is 7.10. The molecule has 1 aromatic carbocycles. The Hall–Kier alpha value is 0.0800. The number of benzene rings is 1. The van der Waals surface area contributed by atoms with Crippen molar-refractivity contribution in [2.45, 2.75) is 78.4 Å². The summed E-state index contributed by atoms with van der Waals surface area (Å²) in [5, 5.41) is 0. The van der Waals surface area contributed by atoms with Crippen molar-refractivity contribution in [1.82, 2.24) is 0 Å². The zero-order valence-corrected chi connectivity index (χ0v) is 21.5. The van der Waals surface area contributed by atoms with Crippen molar-refractivity contribution in [3.8, 4) is 0 Å². The molecule has 182 valence electrons. The molecular formula is C24H34Br4O4. The van der Waals surface area contributed by atoms with Crippen molar-refractivity contribution in [1.29, 1.82) is 0 Å². The van der Waals surface area contributed by atoms with Gasteiger partial charge in [-0.25, -0.2) is 9.59 Å². The molecule has 0 spiro atoms. The van der Waals surface area contributed by atoms with E-state index in [4.69, 9.17) is 46.6 Å². The molecular weight excluding hydrogens is 672 g/mol. The summed E-state index contributed by atoms with van der Waals surface area (Å²) in [6.07, 6.45) is -38.7. The molecule has 0 fully saturated rings. The lowest BCUT2D eigenvalue weighted by Gasteiger charge is -2.19. The largest absolute Gasteiger partial charge is 0.462 e. The average Bonchev–Trinajstić information content (AvgIpc) is 3.07. The third-order valence-corrected chi connectivity index (χ3v) is 7.69. The van der Waals surface area contributed by atoms with E-state index >= 15 is 0 Å². The van der Waals surface area contributed by atoms with Gasteiger partial charge in [0, 0.05) is 59.0 Å². The minimum Gasteiger partial charge on any atom is -0.462 e. The molecule has 0 N–H and O–H groups in total. The molecule has 1 aromatic rings. The van der Waals surface area contributed by atoms with Gasteiger partial charge in [0.25, 0.3) is 0 Å². The van der Waals surface area contributed by atoms with E-state index in [9.17, 15) is 9.59 Å². The topological polar surface area (TPSA) is 52.6 Å². The maximum absolute atomic E-state index is 14.2. The van der Waals surface area contributed by atoms with Crippen molar-refractivity contribution in [2.75, 3.05) is 13.1 Å². The number of carbonyl (C=O) groups excluding carboxylic acids is 2. The van der Waals surface area contributed by atoms with E-state index < -0.39 is 144 Å². The van der Waals surface area contributed by atoms with E-state index in [0.29, 0.717) is 0 Å². The van der Waals surface area contributed by atoms with Gasteiger partial charge in [0.1, 0.15) is 0 Å². The lowest BCUT2D eigenvalue weighted by Crippen LogP contribution is -2.21. The first-order valence-corrected chi connectivity index (χ1v) is 10.7. The lowest BCUT2D eigenvalue weighted by atomic mass is 10.0. The predicted octanol–water partition coefficient (Wildman–Crippen LogP) is 9.48. The van der Waals surface area contributed by atoms with Crippen LogP contribution in [0.15, 0.2) is 17.9 Å². The summed E-state index contributed by atoms with van der Waals surface area (Å²) in [6.45, 7) is -27.4. The summed E-state index contributed by atoms with van der Waals surface area (Å²) in [6, 6.07) is 0. The van der Waals surface area contributed by atoms with Crippen LogP contribution in [0.25, 0.3) is 0 Å². The molecule has 1 rings (SSSR count). The van der Waals surface area contributed by atoms with Crippen LogP contribution in [0.1, 0.15) is 146 Å². The van der Waals surface area contributed by atoms with Gasteiger partial charge in [0.05, 0.1) is 29.7 Å². The van der Waals surface area contributed by atoms with Crippen molar-refractivity contribution in [3.63, 3.8) is 0 Å². The van der Waals surface area contributed by atoms with Gasteiger partial charge < -0.3 is 9.47 Å². The Balaban J connectivity index is 4.55. The fourth-order valence-electron chi connectivity index (χ4n) is 1.66. The number of hydrogen-bond donors (Lipinski definition) is 0. The van der Waals surface area contributed by atoms with Gasteiger partial charge in [-0.15, -0.1) is 0 Å². The zero-order chi connectivity index (χ0) is 54.0. The molecule has 4 nitrogen and oxygen atoms in total.